The van der Waals surface area contributed by atoms with E-state index < -0.39 is 16.1 Å². The van der Waals surface area contributed by atoms with Crippen molar-refractivity contribution in [2.24, 2.45) is 5.73 Å². The molecule has 18 heavy (non-hydrogen) atoms. The van der Waals surface area contributed by atoms with Crippen LogP contribution in [0.1, 0.15) is 6.92 Å². The lowest BCUT2D eigenvalue weighted by atomic mass is 10.3. The van der Waals surface area contributed by atoms with Gasteiger partial charge in [-0.25, -0.2) is 8.42 Å². The molecule has 1 atom stereocenters. The Bertz CT molecular complexity index is 575. The minimum atomic E-state index is -3.65. The highest BCUT2D eigenvalue weighted by molar-refractivity contribution is 9.11. The molecule has 0 saturated heterocycles. The molecule has 0 fully saturated rings. The second kappa shape index (κ2) is 5.96. The number of rotatable bonds is 4. The van der Waals surface area contributed by atoms with Crippen LogP contribution in [0.2, 0.25) is 0 Å². The number of nitrogens with zero attached hydrogens (tertiary/aromatic N) is 1. The van der Waals surface area contributed by atoms with Crippen molar-refractivity contribution in [3.63, 3.8) is 0 Å². The molecule has 8 heteroatoms. The van der Waals surface area contributed by atoms with Crippen molar-refractivity contribution < 1.29 is 8.42 Å². The minimum Gasteiger partial charge on any atom is -0.392 e. The largest absolute Gasteiger partial charge is 0.392 e. The summed E-state index contributed by atoms with van der Waals surface area (Å²) >= 11 is 11.3. The quantitative estimate of drug-likeness (QED) is 0.767. The van der Waals surface area contributed by atoms with E-state index in [0.29, 0.717) is 8.95 Å². The fourth-order valence-corrected chi connectivity index (χ4v) is 4.25. The van der Waals surface area contributed by atoms with Gasteiger partial charge in [-0.1, -0.05) is 28.1 Å². The Labute approximate surface area is 129 Å². The Morgan fingerprint density at radius 3 is 2.50 bits per heavy atom. The first kappa shape index (κ1) is 16.0. The third-order valence-corrected chi connectivity index (χ3v) is 6.26. The van der Waals surface area contributed by atoms with Gasteiger partial charge in [-0.15, -0.1) is 0 Å². The molecule has 1 unspecified atom stereocenters. The molecule has 4 nitrogen and oxygen atoms in total. The summed E-state index contributed by atoms with van der Waals surface area (Å²) in [4.78, 5) is 0.301. The van der Waals surface area contributed by atoms with E-state index in [4.69, 9.17) is 18.0 Å². The Morgan fingerprint density at radius 2 is 2.00 bits per heavy atom. The summed E-state index contributed by atoms with van der Waals surface area (Å²) in [5.41, 5.74) is 5.48. The van der Waals surface area contributed by atoms with E-state index in [-0.39, 0.29) is 9.88 Å². The van der Waals surface area contributed by atoms with E-state index in [1.807, 2.05) is 0 Å². The molecule has 0 radical (unpaired) electrons. The molecule has 0 saturated carbocycles. The standard InChI is InChI=1S/C10H12Br2N2O2S2/c1-6(10(13)17)14(2)18(15,16)9-5-7(11)3-4-8(9)12/h3-6H,1-2H3,(H2,13,17). The second-order valence-electron chi connectivity index (χ2n) is 3.67. The third kappa shape index (κ3) is 3.30. The summed E-state index contributed by atoms with van der Waals surface area (Å²) < 4.78 is 27.2. The average Bonchev–Trinajstić information content (AvgIpc) is 2.29. The van der Waals surface area contributed by atoms with Gasteiger partial charge in [0.05, 0.1) is 15.9 Å². The molecule has 0 aliphatic rings. The maximum Gasteiger partial charge on any atom is 0.244 e. The molecular formula is C10H12Br2N2O2S2. The fraction of sp³-hybridized carbons (Fsp3) is 0.300. The molecule has 1 aromatic carbocycles. The fourth-order valence-electron chi connectivity index (χ4n) is 1.22. The third-order valence-electron chi connectivity index (χ3n) is 2.51. The average molecular weight is 416 g/mol. The van der Waals surface area contributed by atoms with Crippen molar-refractivity contribution in [3.8, 4) is 0 Å². The highest BCUT2D eigenvalue weighted by atomic mass is 79.9. The molecule has 0 amide bonds. The van der Waals surface area contributed by atoms with E-state index in [0.717, 1.165) is 4.31 Å². The van der Waals surface area contributed by atoms with E-state index >= 15 is 0 Å². The van der Waals surface area contributed by atoms with Crippen molar-refractivity contribution in [3.05, 3.63) is 27.1 Å². The zero-order valence-corrected chi connectivity index (χ0v) is 14.5. The van der Waals surface area contributed by atoms with Crippen LogP contribution in [-0.2, 0) is 10.0 Å². The molecule has 2 N–H and O–H groups in total. The van der Waals surface area contributed by atoms with Gasteiger partial charge in [0.1, 0.15) is 0 Å². The van der Waals surface area contributed by atoms with Crippen molar-refractivity contribution in [2.45, 2.75) is 17.9 Å². The summed E-state index contributed by atoms with van der Waals surface area (Å²) in [6.45, 7) is 1.64. The van der Waals surface area contributed by atoms with Crippen LogP contribution in [0.3, 0.4) is 0 Å². The van der Waals surface area contributed by atoms with Gasteiger partial charge in [0.15, 0.2) is 0 Å². The highest BCUT2D eigenvalue weighted by Crippen LogP contribution is 2.28. The van der Waals surface area contributed by atoms with Crippen molar-refractivity contribution >= 4 is 59.1 Å². The Kier molecular flexibility index (Phi) is 5.31. The van der Waals surface area contributed by atoms with Crippen molar-refractivity contribution in [1.29, 1.82) is 0 Å². The smallest absolute Gasteiger partial charge is 0.244 e. The van der Waals surface area contributed by atoms with Gasteiger partial charge in [0.25, 0.3) is 0 Å². The number of sulfonamides is 1. The van der Waals surface area contributed by atoms with Gasteiger partial charge >= 0.3 is 0 Å². The summed E-state index contributed by atoms with van der Waals surface area (Å²) in [5, 5.41) is 0. The molecule has 0 aromatic heterocycles. The predicted octanol–water partition coefficient (Wildman–Crippen LogP) is 2.51. The van der Waals surface area contributed by atoms with Gasteiger partial charge in [0, 0.05) is 16.0 Å². The number of likely N-dealkylation sites (N-methyl/N-ethyl adjacent to an activating group) is 1. The lowest BCUT2D eigenvalue weighted by Gasteiger charge is -2.23. The first-order valence-corrected chi connectivity index (χ1v) is 8.33. The topological polar surface area (TPSA) is 63.4 Å². The SMILES string of the molecule is CC(C(N)=S)N(C)S(=O)(=O)c1cc(Br)ccc1Br. The molecular weight excluding hydrogens is 404 g/mol. The first-order valence-electron chi connectivity index (χ1n) is 4.90. The maximum absolute atomic E-state index is 12.4. The Hall–Kier alpha value is -0.0200. The van der Waals surface area contributed by atoms with E-state index in [9.17, 15) is 8.42 Å². The number of halogens is 2. The highest BCUT2D eigenvalue weighted by Gasteiger charge is 2.28. The van der Waals surface area contributed by atoms with Crippen LogP contribution in [0.15, 0.2) is 32.0 Å². The molecule has 100 valence electrons. The maximum atomic E-state index is 12.4. The summed E-state index contributed by atoms with van der Waals surface area (Å²) in [7, 11) is -2.20. The Morgan fingerprint density at radius 1 is 1.44 bits per heavy atom. The van der Waals surface area contributed by atoms with E-state index in [1.165, 1.54) is 13.1 Å². The number of hydrogen-bond acceptors (Lipinski definition) is 3. The number of hydrogen-bond donors (Lipinski definition) is 1. The van der Waals surface area contributed by atoms with Crippen LogP contribution >= 0.6 is 44.1 Å². The van der Waals surface area contributed by atoms with Crippen molar-refractivity contribution in [2.75, 3.05) is 7.05 Å². The first-order chi connectivity index (χ1) is 8.17. The zero-order chi connectivity index (χ0) is 14.1. The lowest BCUT2D eigenvalue weighted by molar-refractivity contribution is 0.451. The van der Waals surface area contributed by atoms with Crippen LogP contribution in [0.5, 0.6) is 0 Å². The molecule has 0 aliphatic heterocycles. The molecule has 0 bridgehead atoms. The van der Waals surface area contributed by atoms with Crippen LogP contribution in [0.25, 0.3) is 0 Å². The van der Waals surface area contributed by atoms with Crippen LogP contribution in [0, 0.1) is 0 Å². The minimum absolute atomic E-state index is 0.132. The van der Waals surface area contributed by atoms with Gasteiger partial charge in [0.2, 0.25) is 10.0 Å². The summed E-state index contributed by atoms with van der Waals surface area (Å²) in [6.07, 6.45) is 0. The lowest BCUT2D eigenvalue weighted by Crippen LogP contribution is -2.42. The zero-order valence-electron chi connectivity index (χ0n) is 9.72. The molecule has 0 spiro atoms. The van der Waals surface area contributed by atoms with Gasteiger partial charge in [-0.2, -0.15) is 4.31 Å². The van der Waals surface area contributed by atoms with Crippen molar-refractivity contribution in [1.82, 2.24) is 4.31 Å². The predicted molar refractivity (Wildman–Crippen MR) is 83.0 cm³/mol. The van der Waals surface area contributed by atoms with E-state index in [2.05, 4.69) is 31.9 Å². The van der Waals surface area contributed by atoms with Crippen LogP contribution < -0.4 is 5.73 Å². The molecule has 1 aromatic rings. The van der Waals surface area contributed by atoms with Gasteiger partial charge < -0.3 is 5.73 Å². The molecule has 0 aliphatic carbocycles. The normalized spacial score (nSPS) is 13.6. The molecule has 1 rings (SSSR count). The Balaban J connectivity index is 3.29. The monoisotopic (exact) mass is 414 g/mol. The van der Waals surface area contributed by atoms with Crippen LogP contribution in [0.4, 0.5) is 0 Å². The van der Waals surface area contributed by atoms with Gasteiger partial charge in [-0.05, 0) is 41.1 Å². The number of benzene rings is 1. The van der Waals surface area contributed by atoms with Gasteiger partial charge in [-0.3, -0.25) is 0 Å². The summed E-state index contributed by atoms with van der Waals surface area (Å²) in [5.74, 6) is 0. The number of nitrogens with two attached hydrogens (primary N) is 1. The number of thiocarbonyl (C=S) groups is 1. The van der Waals surface area contributed by atoms with E-state index in [1.54, 1.807) is 19.1 Å². The van der Waals surface area contributed by atoms with Crippen LogP contribution in [-0.4, -0.2) is 30.8 Å². The second-order valence-corrected chi connectivity index (χ2v) is 7.88. The summed E-state index contributed by atoms with van der Waals surface area (Å²) in [6, 6.07) is 4.40. The molecule has 0 heterocycles.